The fourth-order valence-corrected chi connectivity index (χ4v) is 3.67. The maximum Gasteiger partial charge on any atom is 0.251 e. The van der Waals surface area contributed by atoms with Gasteiger partial charge in [0.25, 0.3) is 5.91 Å². The summed E-state index contributed by atoms with van der Waals surface area (Å²) >= 11 is 0. The minimum atomic E-state index is -0.0688. The molecule has 162 valence electrons. The largest absolute Gasteiger partial charge is 0.493 e. The Kier molecular flexibility index (Phi) is 8.53. The van der Waals surface area contributed by atoms with E-state index in [1.54, 1.807) is 32.4 Å². The molecule has 0 unspecified atom stereocenters. The Morgan fingerprint density at radius 1 is 1.07 bits per heavy atom. The average Bonchev–Trinajstić information content (AvgIpc) is 2.79. The minimum Gasteiger partial charge on any atom is -0.493 e. The van der Waals surface area contributed by atoms with Crippen LogP contribution in [-0.2, 0) is 11.3 Å². The zero-order valence-electron chi connectivity index (χ0n) is 17.9. The molecule has 0 bridgehead atoms. The molecule has 0 aliphatic carbocycles. The van der Waals surface area contributed by atoms with Gasteiger partial charge in [0.1, 0.15) is 6.61 Å². The highest BCUT2D eigenvalue weighted by Gasteiger charge is 2.21. The third-order valence-electron chi connectivity index (χ3n) is 5.41. The van der Waals surface area contributed by atoms with Gasteiger partial charge in [0.05, 0.1) is 7.11 Å². The number of benzene rings is 2. The number of rotatable bonds is 10. The van der Waals surface area contributed by atoms with E-state index < -0.39 is 0 Å². The standard InChI is InChI=1S/C24H32N2O4/c1-28-16-6-13-26-14-11-21(12-15-26)25-24(27)20-9-10-22(23(17-20)29-2)30-18-19-7-4-3-5-8-19/h3-5,7-10,17,21H,6,11-16,18H2,1-2H3,(H,25,27). The quantitative estimate of drug-likeness (QED) is 0.605. The van der Waals surface area contributed by atoms with Crippen LogP contribution in [0, 0.1) is 0 Å². The second-order valence-electron chi connectivity index (χ2n) is 7.58. The molecule has 0 saturated carbocycles. The van der Waals surface area contributed by atoms with Gasteiger partial charge in [-0.25, -0.2) is 0 Å². The van der Waals surface area contributed by atoms with E-state index in [-0.39, 0.29) is 11.9 Å². The fourth-order valence-electron chi connectivity index (χ4n) is 3.67. The Morgan fingerprint density at radius 3 is 2.53 bits per heavy atom. The number of ether oxygens (including phenoxy) is 3. The van der Waals surface area contributed by atoms with Gasteiger partial charge in [0, 0.05) is 45.0 Å². The van der Waals surface area contributed by atoms with Gasteiger partial charge < -0.3 is 24.4 Å². The lowest BCUT2D eigenvalue weighted by Gasteiger charge is -2.32. The molecule has 1 fully saturated rings. The summed E-state index contributed by atoms with van der Waals surface area (Å²) < 4.78 is 16.5. The molecular formula is C24H32N2O4. The first-order valence-corrected chi connectivity index (χ1v) is 10.6. The van der Waals surface area contributed by atoms with Gasteiger partial charge in [-0.3, -0.25) is 4.79 Å². The van der Waals surface area contributed by atoms with Gasteiger partial charge in [0.15, 0.2) is 11.5 Å². The molecule has 6 nitrogen and oxygen atoms in total. The molecule has 0 aromatic heterocycles. The normalized spacial score (nSPS) is 15.0. The number of nitrogens with zero attached hydrogens (tertiary/aromatic N) is 1. The van der Waals surface area contributed by atoms with Crippen molar-refractivity contribution in [1.82, 2.24) is 10.2 Å². The van der Waals surface area contributed by atoms with Crippen LogP contribution in [0.4, 0.5) is 0 Å². The van der Waals surface area contributed by atoms with Crippen molar-refractivity contribution in [2.24, 2.45) is 0 Å². The number of likely N-dealkylation sites (tertiary alicyclic amines) is 1. The van der Waals surface area contributed by atoms with Crippen LogP contribution in [-0.4, -0.2) is 57.3 Å². The van der Waals surface area contributed by atoms with Gasteiger partial charge in [-0.05, 0) is 43.0 Å². The molecule has 3 rings (SSSR count). The van der Waals surface area contributed by atoms with Crippen LogP contribution in [0.25, 0.3) is 0 Å². The van der Waals surface area contributed by atoms with E-state index in [4.69, 9.17) is 14.2 Å². The zero-order chi connectivity index (χ0) is 21.2. The highest BCUT2D eigenvalue weighted by atomic mass is 16.5. The molecule has 2 aromatic rings. The second kappa shape index (κ2) is 11.6. The van der Waals surface area contributed by atoms with Gasteiger partial charge in [0.2, 0.25) is 0 Å². The van der Waals surface area contributed by atoms with E-state index >= 15 is 0 Å². The maximum absolute atomic E-state index is 12.7. The lowest BCUT2D eigenvalue weighted by atomic mass is 10.0. The maximum atomic E-state index is 12.7. The number of amides is 1. The van der Waals surface area contributed by atoms with Crippen LogP contribution in [0.15, 0.2) is 48.5 Å². The summed E-state index contributed by atoms with van der Waals surface area (Å²) in [4.78, 5) is 15.2. The van der Waals surface area contributed by atoms with E-state index in [1.165, 1.54) is 0 Å². The summed E-state index contributed by atoms with van der Waals surface area (Å²) in [6.45, 7) is 4.31. The Hall–Kier alpha value is -2.57. The number of carbonyl (C=O) groups excluding carboxylic acids is 1. The highest BCUT2D eigenvalue weighted by molar-refractivity contribution is 5.95. The number of hydrogen-bond donors (Lipinski definition) is 1. The molecule has 30 heavy (non-hydrogen) atoms. The monoisotopic (exact) mass is 412 g/mol. The lowest BCUT2D eigenvalue weighted by Crippen LogP contribution is -2.45. The van der Waals surface area contributed by atoms with Crippen molar-refractivity contribution in [2.45, 2.75) is 31.9 Å². The Bertz CT molecular complexity index is 789. The number of methoxy groups -OCH3 is 2. The van der Waals surface area contributed by atoms with Crippen molar-refractivity contribution in [1.29, 1.82) is 0 Å². The topological polar surface area (TPSA) is 60.0 Å². The molecule has 6 heteroatoms. The Balaban J connectivity index is 1.51. The summed E-state index contributed by atoms with van der Waals surface area (Å²) in [5, 5.41) is 3.16. The van der Waals surface area contributed by atoms with Crippen molar-refractivity contribution in [3.63, 3.8) is 0 Å². The summed E-state index contributed by atoms with van der Waals surface area (Å²) in [5.74, 6) is 1.12. The van der Waals surface area contributed by atoms with Gasteiger partial charge in [-0.15, -0.1) is 0 Å². The van der Waals surface area contributed by atoms with E-state index in [2.05, 4.69) is 10.2 Å². The number of carbonyl (C=O) groups is 1. The molecule has 1 aliphatic heterocycles. The number of nitrogens with one attached hydrogen (secondary N) is 1. The van der Waals surface area contributed by atoms with Crippen molar-refractivity contribution in [3.8, 4) is 11.5 Å². The first-order chi connectivity index (χ1) is 14.7. The van der Waals surface area contributed by atoms with Crippen LogP contribution in [0.3, 0.4) is 0 Å². The highest BCUT2D eigenvalue weighted by Crippen LogP contribution is 2.29. The van der Waals surface area contributed by atoms with Gasteiger partial charge in [-0.1, -0.05) is 30.3 Å². The summed E-state index contributed by atoms with van der Waals surface area (Å²) in [7, 11) is 3.32. The number of piperidine rings is 1. The summed E-state index contributed by atoms with van der Waals surface area (Å²) in [6, 6.07) is 15.5. The van der Waals surface area contributed by atoms with E-state index in [9.17, 15) is 4.79 Å². The van der Waals surface area contributed by atoms with E-state index in [0.717, 1.165) is 51.1 Å². The van der Waals surface area contributed by atoms with Crippen LogP contribution in [0.5, 0.6) is 11.5 Å². The third-order valence-corrected chi connectivity index (χ3v) is 5.41. The Morgan fingerprint density at radius 2 is 1.83 bits per heavy atom. The molecule has 1 N–H and O–H groups in total. The Labute approximate surface area is 179 Å². The average molecular weight is 413 g/mol. The van der Waals surface area contributed by atoms with E-state index in [1.807, 2.05) is 30.3 Å². The van der Waals surface area contributed by atoms with Crippen LogP contribution >= 0.6 is 0 Å². The molecule has 1 aliphatic rings. The minimum absolute atomic E-state index is 0.0688. The molecule has 1 heterocycles. The van der Waals surface area contributed by atoms with Crippen molar-refractivity contribution < 1.29 is 19.0 Å². The molecule has 1 amide bonds. The zero-order valence-corrected chi connectivity index (χ0v) is 17.9. The van der Waals surface area contributed by atoms with Crippen LogP contribution < -0.4 is 14.8 Å². The molecule has 2 aromatic carbocycles. The second-order valence-corrected chi connectivity index (χ2v) is 7.58. The van der Waals surface area contributed by atoms with Crippen LogP contribution in [0.2, 0.25) is 0 Å². The molecule has 0 atom stereocenters. The summed E-state index contributed by atoms with van der Waals surface area (Å²) in [6.07, 6.45) is 2.98. The summed E-state index contributed by atoms with van der Waals surface area (Å²) in [5.41, 5.74) is 1.66. The first kappa shape index (κ1) is 22.1. The predicted molar refractivity (Wildman–Crippen MR) is 117 cm³/mol. The lowest BCUT2D eigenvalue weighted by molar-refractivity contribution is 0.0906. The predicted octanol–water partition coefficient (Wildman–Crippen LogP) is 3.50. The third kappa shape index (κ3) is 6.47. The molecule has 0 radical (unpaired) electrons. The first-order valence-electron chi connectivity index (χ1n) is 10.6. The molecular weight excluding hydrogens is 380 g/mol. The van der Waals surface area contributed by atoms with Crippen molar-refractivity contribution in [2.75, 3.05) is 40.5 Å². The smallest absolute Gasteiger partial charge is 0.251 e. The van der Waals surface area contributed by atoms with Crippen molar-refractivity contribution >= 4 is 5.91 Å². The SMILES string of the molecule is COCCCN1CCC(NC(=O)c2ccc(OCc3ccccc3)c(OC)c2)CC1. The molecule has 1 saturated heterocycles. The molecule has 0 spiro atoms. The van der Waals surface area contributed by atoms with Crippen LogP contribution in [0.1, 0.15) is 35.2 Å². The number of hydrogen-bond acceptors (Lipinski definition) is 5. The van der Waals surface area contributed by atoms with Crippen molar-refractivity contribution in [3.05, 3.63) is 59.7 Å². The van der Waals surface area contributed by atoms with Gasteiger partial charge in [-0.2, -0.15) is 0 Å². The van der Waals surface area contributed by atoms with Gasteiger partial charge >= 0.3 is 0 Å². The fraction of sp³-hybridized carbons (Fsp3) is 0.458. The van der Waals surface area contributed by atoms with E-state index in [0.29, 0.717) is 23.7 Å².